The van der Waals surface area contributed by atoms with Gasteiger partial charge in [0.2, 0.25) is 5.91 Å². The highest BCUT2D eigenvalue weighted by atomic mass is 31.2. The van der Waals surface area contributed by atoms with Crippen LogP contribution in [0, 0.1) is 0 Å². The summed E-state index contributed by atoms with van der Waals surface area (Å²) >= 11 is 0. The smallest absolute Gasteiger partial charge is 0.353 e. The van der Waals surface area contributed by atoms with Gasteiger partial charge in [-0.15, -0.1) is 0 Å². The first-order valence-corrected chi connectivity index (χ1v) is 4.54. The molecule has 0 aliphatic rings. The van der Waals surface area contributed by atoms with Crippen molar-refractivity contribution in [3.8, 4) is 0 Å². The topological polar surface area (TPSA) is 121 Å². The fourth-order valence-corrected chi connectivity index (χ4v) is 0.905. The molecule has 11 heavy (non-hydrogen) atoms. The Kier molecular flexibility index (Phi) is 3.68. The summed E-state index contributed by atoms with van der Waals surface area (Å²) in [5.74, 6) is -2.48. The van der Waals surface area contributed by atoms with Crippen LogP contribution in [-0.4, -0.2) is 26.6 Å². The second-order valence-corrected chi connectivity index (χ2v) is 3.85. The number of rotatable bonds is 4. The Hall–Kier alpha value is -0.420. The van der Waals surface area contributed by atoms with Gasteiger partial charge in [0.05, 0.1) is 0 Å². The summed E-state index contributed by atoms with van der Waals surface area (Å²) < 4.78 is 10.2. The molecule has 0 aromatic carbocycles. The summed E-state index contributed by atoms with van der Waals surface area (Å²) in [5.41, 5.74) is 4.68. The quantitative estimate of drug-likeness (QED) is 0.405. The van der Waals surface area contributed by atoms with Crippen LogP contribution in [0.2, 0.25) is 0 Å². The van der Waals surface area contributed by atoms with Crippen LogP contribution >= 0.6 is 7.60 Å². The van der Waals surface area contributed by atoms with Crippen molar-refractivity contribution in [2.24, 2.45) is 5.73 Å². The zero-order chi connectivity index (χ0) is 9.07. The Morgan fingerprint density at radius 2 is 2.00 bits per heavy atom. The Morgan fingerprint density at radius 3 is 2.27 bits per heavy atom. The van der Waals surface area contributed by atoms with Crippen molar-refractivity contribution in [2.45, 2.75) is 18.7 Å². The molecule has 0 aliphatic carbocycles. The lowest BCUT2D eigenvalue weighted by atomic mass is 10.3. The normalized spacial score (nSPS) is 14.5. The van der Waals surface area contributed by atoms with E-state index in [0.717, 1.165) is 0 Å². The highest BCUT2D eigenvalue weighted by Crippen LogP contribution is 2.41. The summed E-state index contributed by atoms with van der Waals surface area (Å²) in [4.78, 5) is 26.7. The second-order valence-electron chi connectivity index (χ2n) is 2.07. The van der Waals surface area contributed by atoms with Crippen LogP contribution in [0.25, 0.3) is 0 Å². The molecule has 0 aromatic rings. The Morgan fingerprint density at radius 1 is 1.55 bits per heavy atom. The van der Waals surface area contributed by atoms with Crippen molar-refractivity contribution >= 4 is 13.5 Å². The third-order valence-corrected chi connectivity index (χ3v) is 2.07. The standard InChI is InChI=1S/C4H10NO5P/c5-3(6)1-2-4(7)11(8,9)10/h4,7H,1-2H2,(H2,5,6)(H2,8,9,10). The number of carbonyl (C=O) groups is 1. The summed E-state index contributed by atoms with van der Waals surface area (Å²) in [7, 11) is -4.47. The number of carbonyl (C=O) groups excluding carboxylic acids is 1. The molecule has 1 amide bonds. The van der Waals surface area contributed by atoms with Gasteiger partial charge in [-0.25, -0.2) is 0 Å². The Bertz CT molecular complexity index is 187. The van der Waals surface area contributed by atoms with E-state index in [4.69, 9.17) is 14.9 Å². The van der Waals surface area contributed by atoms with E-state index in [0.29, 0.717) is 0 Å². The zero-order valence-electron chi connectivity index (χ0n) is 5.67. The molecule has 0 rings (SSSR count). The highest BCUT2D eigenvalue weighted by molar-refractivity contribution is 7.52. The molecule has 66 valence electrons. The van der Waals surface area contributed by atoms with Crippen molar-refractivity contribution in [3.63, 3.8) is 0 Å². The summed E-state index contributed by atoms with van der Waals surface area (Å²) in [6.07, 6.45) is -0.536. The first-order valence-electron chi connectivity index (χ1n) is 2.85. The predicted molar refractivity (Wildman–Crippen MR) is 36.5 cm³/mol. The molecule has 6 nitrogen and oxygen atoms in total. The number of primary amides is 1. The van der Waals surface area contributed by atoms with Gasteiger partial charge in [0.1, 0.15) is 0 Å². The molecular formula is C4H10NO5P. The van der Waals surface area contributed by atoms with Gasteiger partial charge in [0.15, 0.2) is 5.85 Å². The SMILES string of the molecule is NC(=O)CCC(O)P(=O)(O)O. The van der Waals surface area contributed by atoms with E-state index in [1.165, 1.54) is 0 Å². The van der Waals surface area contributed by atoms with E-state index in [9.17, 15) is 9.36 Å². The third kappa shape index (κ3) is 4.92. The molecule has 1 atom stereocenters. The lowest BCUT2D eigenvalue weighted by Crippen LogP contribution is -2.15. The molecule has 0 spiro atoms. The van der Waals surface area contributed by atoms with Crippen LogP contribution in [0.4, 0.5) is 0 Å². The van der Waals surface area contributed by atoms with Crippen molar-refractivity contribution in [1.82, 2.24) is 0 Å². The van der Waals surface area contributed by atoms with Gasteiger partial charge in [-0.1, -0.05) is 0 Å². The largest absolute Gasteiger partial charge is 0.380 e. The molecule has 7 heteroatoms. The van der Waals surface area contributed by atoms with Gasteiger partial charge in [-0.2, -0.15) is 0 Å². The maximum atomic E-state index is 10.2. The van der Waals surface area contributed by atoms with Gasteiger partial charge in [-0.3, -0.25) is 9.36 Å². The van der Waals surface area contributed by atoms with Gasteiger partial charge in [-0.05, 0) is 6.42 Å². The van der Waals surface area contributed by atoms with Crippen LogP contribution in [0.15, 0.2) is 0 Å². The zero-order valence-corrected chi connectivity index (χ0v) is 6.57. The van der Waals surface area contributed by atoms with Crippen molar-refractivity contribution in [2.75, 3.05) is 0 Å². The van der Waals surface area contributed by atoms with Crippen LogP contribution < -0.4 is 5.73 Å². The number of amides is 1. The van der Waals surface area contributed by atoms with Crippen molar-refractivity contribution in [3.05, 3.63) is 0 Å². The summed E-state index contributed by atoms with van der Waals surface area (Å²) in [6, 6.07) is 0. The van der Waals surface area contributed by atoms with Crippen LogP contribution in [0.3, 0.4) is 0 Å². The number of aliphatic hydroxyl groups is 1. The molecular weight excluding hydrogens is 173 g/mol. The molecule has 5 N–H and O–H groups in total. The first-order chi connectivity index (χ1) is 4.84. The minimum Gasteiger partial charge on any atom is -0.380 e. The number of hydrogen-bond acceptors (Lipinski definition) is 3. The summed E-state index contributed by atoms with van der Waals surface area (Å²) in [6.45, 7) is 0. The Labute approximate surface area is 63.2 Å². The minimum absolute atomic E-state index is 0.230. The molecule has 0 bridgehead atoms. The third-order valence-electron chi connectivity index (χ3n) is 1.04. The van der Waals surface area contributed by atoms with Gasteiger partial charge < -0.3 is 20.6 Å². The highest BCUT2D eigenvalue weighted by Gasteiger charge is 2.25. The van der Waals surface area contributed by atoms with Crippen LogP contribution in [-0.2, 0) is 9.36 Å². The van der Waals surface area contributed by atoms with E-state index in [2.05, 4.69) is 5.73 Å². The number of nitrogens with two attached hydrogens (primary N) is 1. The van der Waals surface area contributed by atoms with Crippen molar-refractivity contribution < 1.29 is 24.3 Å². The van der Waals surface area contributed by atoms with Crippen LogP contribution in [0.1, 0.15) is 12.8 Å². The lowest BCUT2D eigenvalue weighted by molar-refractivity contribution is -0.118. The average molecular weight is 183 g/mol. The maximum absolute atomic E-state index is 10.2. The molecule has 0 aliphatic heterocycles. The number of aliphatic hydroxyl groups excluding tert-OH is 1. The average Bonchev–Trinajstić information content (AvgIpc) is 1.80. The van der Waals surface area contributed by atoms with Gasteiger partial charge >= 0.3 is 7.60 Å². The maximum Gasteiger partial charge on any atom is 0.353 e. The minimum atomic E-state index is -4.47. The molecule has 0 heterocycles. The second kappa shape index (κ2) is 3.82. The van der Waals surface area contributed by atoms with E-state index < -0.39 is 19.3 Å². The van der Waals surface area contributed by atoms with Gasteiger partial charge in [0.25, 0.3) is 0 Å². The van der Waals surface area contributed by atoms with Crippen LogP contribution in [0.5, 0.6) is 0 Å². The monoisotopic (exact) mass is 183 g/mol. The van der Waals surface area contributed by atoms with E-state index in [1.807, 2.05) is 0 Å². The molecule has 1 unspecified atom stereocenters. The number of hydrogen-bond donors (Lipinski definition) is 4. The van der Waals surface area contributed by atoms with E-state index in [1.54, 1.807) is 0 Å². The van der Waals surface area contributed by atoms with E-state index >= 15 is 0 Å². The fourth-order valence-electron chi connectivity index (χ4n) is 0.440. The molecule has 0 saturated carbocycles. The van der Waals surface area contributed by atoms with E-state index in [-0.39, 0.29) is 12.8 Å². The predicted octanol–water partition coefficient (Wildman–Crippen LogP) is -1.25. The summed E-state index contributed by atoms with van der Waals surface area (Å²) in [5, 5.41) is 8.66. The molecule has 0 fully saturated rings. The lowest BCUT2D eigenvalue weighted by Gasteiger charge is -2.10. The molecule has 0 aromatic heterocycles. The molecule has 0 saturated heterocycles. The van der Waals surface area contributed by atoms with Gasteiger partial charge in [0, 0.05) is 6.42 Å². The fraction of sp³-hybridized carbons (Fsp3) is 0.750. The Balaban J connectivity index is 3.80. The molecule has 0 radical (unpaired) electrons. The first kappa shape index (κ1) is 10.6. The van der Waals surface area contributed by atoms with Crippen molar-refractivity contribution in [1.29, 1.82) is 0 Å².